The van der Waals surface area contributed by atoms with Crippen LogP contribution in [-0.4, -0.2) is 13.6 Å². The minimum atomic E-state index is 0.731. The molecule has 0 fully saturated rings. The number of hydrogen-bond donors (Lipinski definition) is 1. The molecule has 0 spiro atoms. The molecule has 0 bridgehead atoms. The Labute approximate surface area is 92.9 Å². The maximum absolute atomic E-state index is 3.24. The molecule has 2 rings (SSSR count). The summed E-state index contributed by atoms with van der Waals surface area (Å²) in [4.78, 5) is 0. The van der Waals surface area contributed by atoms with E-state index in [1.807, 2.05) is 7.05 Å². The Hall–Kier alpha value is -0.820. The minimum Gasteiger partial charge on any atom is -0.319 e. The van der Waals surface area contributed by atoms with E-state index < -0.39 is 0 Å². The number of benzene rings is 1. The fourth-order valence-corrected chi connectivity index (χ4v) is 2.58. The van der Waals surface area contributed by atoms with Gasteiger partial charge in [-0.05, 0) is 61.9 Å². The van der Waals surface area contributed by atoms with Crippen molar-refractivity contribution in [3.63, 3.8) is 0 Å². The van der Waals surface area contributed by atoms with Gasteiger partial charge in [-0.3, -0.25) is 0 Å². The molecular formula is C14H21N. The van der Waals surface area contributed by atoms with Gasteiger partial charge in [0.1, 0.15) is 0 Å². The van der Waals surface area contributed by atoms with E-state index >= 15 is 0 Å². The quantitative estimate of drug-likeness (QED) is 0.793. The van der Waals surface area contributed by atoms with Gasteiger partial charge in [0.05, 0.1) is 0 Å². The van der Waals surface area contributed by atoms with Crippen LogP contribution < -0.4 is 5.32 Å². The third kappa shape index (κ3) is 2.60. The zero-order valence-electron chi connectivity index (χ0n) is 9.84. The molecule has 1 atom stereocenters. The molecule has 1 unspecified atom stereocenters. The first-order valence-corrected chi connectivity index (χ1v) is 6.05. The van der Waals surface area contributed by atoms with Gasteiger partial charge < -0.3 is 5.32 Å². The van der Waals surface area contributed by atoms with Crippen molar-refractivity contribution in [1.29, 1.82) is 0 Å². The monoisotopic (exact) mass is 203 g/mol. The number of hydrogen-bond acceptors (Lipinski definition) is 1. The molecule has 0 saturated heterocycles. The lowest BCUT2D eigenvalue weighted by atomic mass is 9.98. The highest BCUT2D eigenvalue weighted by molar-refractivity contribution is 5.35. The molecule has 0 aromatic heterocycles. The van der Waals surface area contributed by atoms with Crippen LogP contribution in [0.5, 0.6) is 0 Å². The summed E-state index contributed by atoms with van der Waals surface area (Å²) in [5.41, 5.74) is 4.70. The van der Waals surface area contributed by atoms with E-state index in [0.717, 1.165) is 12.5 Å². The summed E-state index contributed by atoms with van der Waals surface area (Å²) in [6.45, 7) is 3.42. The normalized spacial score (nSPS) is 16.4. The van der Waals surface area contributed by atoms with Crippen molar-refractivity contribution in [1.82, 2.24) is 5.32 Å². The average Bonchev–Trinajstić information content (AvgIpc) is 2.65. The van der Waals surface area contributed by atoms with Crippen LogP contribution in [0.1, 0.15) is 30.0 Å². The van der Waals surface area contributed by atoms with Gasteiger partial charge in [-0.15, -0.1) is 0 Å². The SMILES string of the molecule is CNCC(C)Cc1ccc2c(c1)CCC2. The third-order valence-electron chi connectivity index (χ3n) is 3.30. The predicted octanol–water partition coefficient (Wildman–Crippen LogP) is 2.57. The smallest absolute Gasteiger partial charge is 0.00230 e. The molecule has 1 aliphatic rings. The Bertz CT molecular complexity index is 330. The number of rotatable bonds is 4. The fraction of sp³-hybridized carbons (Fsp3) is 0.571. The minimum absolute atomic E-state index is 0.731. The molecule has 1 N–H and O–H groups in total. The maximum Gasteiger partial charge on any atom is -0.00230 e. The molecule has 0 radical (unpaired) electrons. The van der Waals surface area contributed by atoms with Gasteiger partial charge in [0.25, 0.3) is 0 Å². The van der Waals surface area contributed by atoms with Gasteiger partial charge in [-0.25, -0.2) is 0 Å². The van der Waals surface area contributed by atoms with Crippen LogP contribution >= 0.6 is 0 Å². The van der Waals surface area contributed by atoms with Crippen LogP contribution in [-0.2, 0) is 19.3 Å². The van der Waals surface area contributed by atoms with Crippen molar-refractivity contribution >= 4 is 0 Å². The summed E-state index contributed by atoms with van der Waals surface area (Å²) in [5.74, 6) is 0.731. The second kappa shape index (κ2) is 4.80. The van der Waals surface area contributed by atoms with Crippen LogP contribution in [0.15, 0.2) is 18.2 Å². The Balaban J connectivity index is 2.03. The van der Waals surface area contributed by atoms with Crippen LogP contribution in [0.25, 0.3) is 0 Å². The molecule has 0 saturated carbocycles. The first kappa shape index (κ1) is 10.7. The summed E-state index contributed by atoms with van der Waals surface area (Å²) in [6, 6.07) is 7.08. The van der Waals surface area contributed by atoms with E-state index in [2.05, 4.69) is 30.4 Å². The van der Waals surface area contributed by atoms with Crippen LogP contribution in [0.4, 0.5) is 0 Å². The highest BCUT2D eigenvalue weighted by Crippen LogP contribution is 2.23. The van der Waals surface area contributed by atoms with Crippen molar-refractivity contribution < 1.29 is 0 Å². The Kier molecular flexibility index (Phi) is 3.42. The topological polar surface area (TPSA) is 12.0 Å². The molecule has 1 nitrogen and oxygen atoms in total. The van der Waals surface area contributed by atoms with Crippen molar-refractivity contribution in [2.24, 2.45) is 5.92 Å². The van der Waals surface area contributed by atoms with Gasteiger partial charge in [0.15, 0.2) is 0 Å². The van der Waals surface area contributed by atoms with Crippen molar-refractivity contribution in [2.75, 3.05) is 13.6 Å². The highest BCUT2D eigenvalue weighted by Gasteiger charge is 2.11. The van der Waals surface area contributed by atoms with Gasteiger partial charge in [0.2, 0.25) is 0 Å². The highest BCUT2D eigenvalue weighted by atomic mass is 14.8. The Morgan fingerprint density at radius 3 is 2.87 bits per heavy atom. The van der Waals surface area contributed by atoms with E-state index in [1.54, 1.807) is 11.1 Å². The van der Waals surface area contributed by atoms with E-state index in [1.165, 1.54) is 31.2 Å². The zero-order valence-corrected chi connectivity index (χ0v) is 9.84. The van der Waals surface area contributed by atoms with E-state index in [9.17, 15) is 0 Å². The fourth-order valence-electron chi connectivity index (χ4n) is 2.58. The molecule has 1 aromatic rings. The van der Waals surface area contributed by atoms with Crippen molar-refractivity contribution in [3.05, 3.63) is 34.9 Å². The number of aryl methyl sites for hydroxylation is 2. The lowest BCUT2D eigenvalue weighted by Gasteiger charge is -2.11. The summed E-state index contributed by atoms with van der Waals surface area (Å²) in [5, 5.41) is 3.24. The second-order valence-corrected chi connectivity index (χ2v) is 4.82. The molecular weight excluding hydrogens is 182 g/mol. The molecule has 1 heteroatoms. The lowest BCUT2D eigenvalue weighted by molar-refractivity contribution is 0.541. The van der Waals surface area contributed by atoms with E-state index in [4.69, 9.17) is 0 Å². The Morgan fingerprint density at radius 1 is 1.27 bits per heavy atom. The van der Waals surface area contributed by atoms with Crippen molar-refractivity contribution in [3.8, 4) is 0 Å². The molecule has 82 valence electrons. The largest absolute Gasteiger partial charge is 0.319 e. The maximum atomic E-state index is 3.24. The molecule has 0 amide bonds. The number of nitrogens with one attached hydrogen (secondary N) is 1. The predicted molar refractivity (Wildman–Crippen MR) is 65.3 cm³/mol. The van der Waals surface area contributed by atoms with Crippen LogP contribution in [0.2, 0.25) is 0 Å². The van der Waals surface area contributed by atoms with E-state index in [0.29, 0.717) is 0 Å². The summed E-state index contributed by atoms with van der Waals surface area (Å²) < 4.78 is 0. The van der Waals surface area contributed by atoms with E-state index in [-0.39, 0.29) is 0 Å². The average molecular weight is 203 g/mol. The Morgan fingerprint density at radius 2 is 2.07 bits per heavy atom. The molecule has 0 aliphatic heterocycles. The first-order chi connectivity index (χ1) is 7.29. The van der Waals surface area contributed by atoms with Gasteiger partial charge in [0, 0.05) is 0 Å². The zero-order chi connectivity index (χ0) is 10.7. The summed E-state index contributed by atoms with van der Waals surface area (Å²) >= 11 is 0. The van der Waals surface area contributed by atoms with Crippen molar-refractivity contribution in [2.45, 2.75) is 32.6 Å². The second-order valence-electron chi connectivity index (χ2n) is 4.82. The summed E-state index contributed by atoms with van der Waals surface area (Å²) in [6.07, 6.45) is 5.14. The third-order valence-corrected chi connectivity index (χ3v) is 3.30. The molecule has 1 aromatic carbocycles. The van der Waals surface area contributed by atoms with Crippen LogP contribution in [0.3, 0.4) is 0 Å². The lowest BCUT2D eigenvalue weighted by Crippen LogP contribution is -2.17. The molecule has 15 heavy (non-hydrogen) atoms. The molecule has 0 heterocycles. The van der Waals surface area contributed by atoms with Gasteiger partial charge in [-0.2, -0.15) is 0 Å². The van der Waals surface area contributed by atoms with Crippen LogP contribution in [0, 0.1) is 5.92 Å². The standard InChI is InChI=1S/C14H21N/c1-11(10-15-2)8-12-6-7-13-4-3-5-14(13)9-12/h6-7,9,11,15H,3-5,8,10H2,1-2H3. The van der Waals surface area contributed by atoms with Gasteiger partial charge >= 0.3 is 0 Å². The molecule has 1 aliphatic carbocycles. The first-order valence-electron chi connectivity index (χ1n) is 6.05. The van der Waals surface area contributed by atoms with Gasteiger partial charge in [-0.1, -0.05) is 25.1 Å². The number of fused-ring (bicyclic) bond motifs is 1. The summed E-state index contributed by atoms with van der Waals surface area (Å²) in [7, 11) is 2.03.